The van der Waals surface area contributed by atoms with Gasteiger partial charge in [-0.2, -0.15) is 0 Å². The molecule has 15 aromatic carbocycles. The normalized spacial score (nSPS) is 13.8. The van der Waals surface area contributed by atoms with Crippen LogP contribution in [0.15, 0.2) is 340 Å². The number of nitrogens with zero attached hydrogens (tertiary/aromatic N) is 4. The van der Waals surface area contributed by atoms with Crippen molar-refractivity contribution in [2.45, 2.75) is 84.0 Å². The van der Waals surface area contributed by atoms with E-state index in [1.807, 2.05) is 0 Å². The summed E-state index contributed by atoms with van der Waals surface area (Å²) in [4.78, 5) is 7.98. The molecule has 1 aromatic heterocycles. The Morgan fingerprint density at radius 1 is 0.250 bits per heavy atom. The Labute approximate surface area is 635 Å². The zero-order valence-corrected chi connectivity index (χ0v) is 62.7. The fraction of sp³-hybridized carbons (Fsp3) is 0.126. The van der Waals surface area contributed by atoms with Crippen LogP contribution in [0.3, 0.4) is 0 Å². The third kappa shape index (κ3) is 9.83. The first kappa shape index (κ1) is 65.1. The van der Waals surface area contributed by atoms with Crippen molar-refractivity contribution in [3.8, 4) is 61.3 Å². The van der Waals surface area contributed by atoms with Gasteiger partial charge in [0.15, 0.2) is 0 Å². The molecule has 4 nitrogen and oxygen atoms in total. The van der Waals surface area contributed by atoms with Crippen LogP contribution in [0.5, 0.6) is 0 Å². The molecule has 0 atom stereocenters. The van der Waals surface area contributed by atoms with Crippen molar-refractivity contribution in [2.24, 2.45) is 0 Å². The molecule has 1 spiro atoms. The Hall–Kier alpha value is -12.4. The van der Waals surface area contributed by atoms with Crippen LogP contribution in [0.4, 0.5) is 51.2 Å². The van der Waals surface area contributed by atoms with Gasteiger partial charge < -0.3 is 19.3 Å². The molecule has 1 aliphatic carbocycles. The SMILES string of the molecule is CC(C)(C)c1cc2c3c(c1)N(c1c(-c4ccccc4)cccc1-c1ccccc1)c1cc4c(cc1B3c1ccc(-n3c5ccc(C(C)(C)C)cc5c5cc(C(C)(C)C)ccc53)cc1N2c1c(-c2ccccc2)cccc1-c1ccccc1)C1(c2ccccc2-4)c2ccccc2N(c2ccccc2)c2ccccc21. The Kier molecular flexibility index (Phi) is 14.7. The highest BCUT2D eigenvalue weighted by atomic mass is 15.2. The van der Waals surface area contributed by atoms with Crippen molar-refractivity contribution < 1.29 is 0 Å². The van der Waals surface area contributed by atoms with E-state index in [0.717, 1.165) is 90.0 Å². The van der Waals surface area contributed by atoms with Gasteiger partial charge in [-0.15, -0.1) is 0 Å². The summed E-state index contributed by atoms with van der Waals surface area (Å²) < 4.78 is 2.57. The van der Waals surface area contributed by atoms with Crippen LogP contribution in [0.25, 0.3) is 83.1 Å². The van der Waals surface area contributed by atoms with E-state index in [2.05, 4.69) is 421 Å². The Morgan fingerprint density at radius 3 is 1.10 bits per heavy atom. The Balaban J connectivity index is 0.970. The van der Waals surface area contributed by atoms with Gasteiger partial charge in [0.2, 0.25) is 0 Å². The van der Waals surface area contributed by atoms with E-state index in [9.17, 15) is 0 Å². The summed E-state index contributed by atoms with van der Waals surface area (Å²) >= 11 is 0. The molecule has 20 rings (SSSR count). The van der Waals surface area contributed by atoms with E-state index >= 15 is 0 Å². The quantitative estimate of drug-likeness (QED) is 0.141. The van der Waals surface area contributed by atoms with Crippen molar-refractivity contribution in [1.82, 2.24) is 4.57 Å². The van der Waals surface area contributed by atoms with Gasteiger partial charge in [-0.05, 0) is 184 Å². The van der Waals surface area contributed by atoms with Gasteiger partial charge in [0.25, 0.3) is 6.71 Å². The maximum atomic E-state index is 2.74. The van der Waals surface area contributed by atoms with Gasteiger partial charge in [-0.1, -0.05) is 323 Å². The van der Waals surface area contributed by atoms with Gasteiger partial charge in [0.05, 0.1) is 39.2 Å². The number of anilines is 9. The van der Waals surface area contributed by atoms with E-state index in [1.165, 1.54) is 99.6 Å². The standard InChI is InChI=1S/C103H83BN4/c1-100(2,3)70-53-57-89-81(59-70)82-60-71(101(4,5)6)54-58-90(82)106(89)74-55-56-87-93(63-74)107(98-75(66-33-15-10-16-34-66)44-31-45-76(98)67-35-17-11-18-36-67)95-61-72(102(7,8)9)62-96-97(95)104(87)88-65-86-80(64-94(88)108(96)99-77(68-37-19-12-20-38-68)46-32-47-78(99)69-39-21-13-22-40-69)79-43-25-26-48-83(79)103(86)84-49-27-29-51-91(84)105(73-41-23-14-24-42-73)92-52-30-28-50-85(92)103/h10-65H,1-9H3. The van der Waals surface area contributed by atoms with E-state index in [1.54, 1.807) is 0 Å². The first-order valence-corrected chi connectivity index (χ1v) is 38.3. The number of fused-ring (bicyclic) bond motifs is 16. The lowest BCUT2D eigenvalue weighted by Crippen LogP contribution is -2.62. The third-order valence-electron chi connectivity index (χ3n) is 23.8. The molecule has 4 heterocycles. The molecule has 0 saturated carbocycles. The number of para-hydroxylation sites is 5. The van der Waals surface area contributed by atoms with Crippen molar-refractivity contribution in [3.05, 3.63) is 379 Å². The lowest BCUT2D eigenvalue weighted by molar-refractivity contribution is 0.590. The molecular formula is C103H83BN4. The summed E-state index contributed by atoms with van der Waals surface area (Å²) in [6.45, 7) is 20.9. The predicted molar refractivity (Wildman–Crippen MR) is 458 cm³/mol. The van der Waals surface area contributed by atoms with Gasteiger partial charge >= 0.3 is 0 Å². The van der Waals surface area contributed by atoms with Crippen LogP contribution in [0, 0.1) is 0 Å². The second-order valence-electron chi connectivity index (χ2n) is 33.1. The molecule has 0 saturated heterocycles. The second kappa shape index (κ2) is 24.3. The summed E-state index contributed by atoms with van der Waals surface area (Å²) in [5.41, 5.74) is 36.9. The highest BCUT2D eigenvalue weighted by molar-refractivity contribution is 7.00. The maximum Gasteiger partial charge on any atom is 0.252 e. The molecule has 108 heavy (non-hydrogen) atoms. The molecule has 4 aliphatic rings. The fourth-order valence-corrected chi connectivity index (χ4v) is 18.7. The van der Waals surface area contributed by atoms with Crippen LogP contribution in [-0.2, 0) is 21.7 Å². The van der Waals surface area contributed by atoms with Gasteiger partial charge in [-0.3, -0.25) is 0 Å². The molecule has 0 N–H and O–H groups in total. The average molecular weight is 1390 g/mol. The Morgan fingerprint density at radius 2 is 0.648 bits per heavy atom. The van der Waals surface area contributed by atoms with Crippen LogP contribution < -0.4 is 31.1 Å². The summed E-state index contributed by atoms with van der Waals surface area (Å²) in [7, 11) is 0. The number of hydrogen-bond acceptors (Lipinski definition) is 3. The minimum absolute atomic E-state index is 0.0647. The number of hydrogen-bond donors (Lipinski definition) is 0. The number of aromatic nitrogens is 1. The third-order valence-corrected chi connectivity index (χ3v) is 23.8. The van der Waals surface area contributed by atoms with Crippen LogP contribution in [0.2, 0.25) is 0 Å². The zero-order valence-electron chi connectivity index (χ0n) is 62.7. The topological polar surface area (TPSA) is 14.7 Å². The van der Waals surface area contributed by atoms with Gasteiger partial charge in [0.1, 0.15) is 0 Å². The Bertz CT molecular complexity index is 6080. The summed E-state index contributed by atoms with van der Waals surface area (Å²) in [5, 5.41) is 2.52. The van der Waals surface area contributed by atoms with Crippen LogP contribution in [0.1, 0.15) is 101 Å². The van der Waals surface area contributed by atoms with Gasteiger partial charge in [-0.25, -0.2) is 0 Å². The van der Waals surface area contributed by atoms with Crippen molar-refractivity contribution >= 4 is 96.1 Å². The largest absolute Gasteiger partial charge is 0.310 e. The molecule has 0 amide bonds. The summed E-state index contributed by atoms with van der Waals surface area (Å²) in [6.07, 6.45) is 0. The molecule has 3 aliphatic heterocycles. The minimum Gasteiger partial charge on any atom is -0.310 e. The maximum absolute atomic E-state index is 2.74. The van der Waals surface area contributed by atoms with Crippen molar-refractivity contribution in [2.75, 3.05) is 14.7 Å². The molecule has 5 heteroatoms. The predicted octanol–water partition coefficient (Wildman–Crippen LogP) is 25.6. The molecular weight excluding hydrogens is 1300 g/mol. The summed E-state index contributed by atoms with van der Waals surface area (Å²) in [6, 6.07) is 130. The molecule has 0 fully saturated rings. The lowest BCUT2D eigenvalue weighted by Gasteiger charge is -2.47. The lowest BCUT2D eigenvalue weighted by atomic mass is 9.33. The fourth-order valence-electron chi connectivity index (χ4n) is 18.7. The van der Waals surface area contributed by atoms with Crippen LogP contribution >= 0.6 is 0 Å². The van der Waals surface area contributed by atoms with Crippen molar-refractivity contribution in [3.63, 3.8) is 0 Å². The second-order valence-corrected chi connectivity index (χ2v) is 33.1. The zero-order chi connectivity index (χ0) is 73.1. The smallest absolute Gasteiger partial charge is 0.252 e. The highest BCUT2D eigenvalue weighted by Gasteiger charge is 2.54. The van der Waals surface area contributed by atoms with E-state index in [4.69, 9.17) is 0 Å². The monoisotopic (exact) mass is 1390 g/mol. The first-order valence-electron chi connectivity index (χ1n) is 38.3. The van der Waals surface area contributed by atoms with Crippen molar-refractivity contribution in [1.29, 1.82) is 0 Å². The highest BCUT2D eigenvalue weighted by Crippen LogP contribution is 2.65. The molecule has 0 radical (unpaired) electrons. The molecule has 0 bridgehead atoms. The minimum atomic E-state index is -0.747. The molecule has 518 valence electrons. The van der Waals surface area contributed by atoms with Crippen LogP contribution in [-0.4, -0.2) is 11.3 Å². The number of rotatable bonds is 8. The molecule has 0 unspecified atom stereocenters. The number of benzene rings is 15. The average Bonchev–Trinajstić information content (AvgIpc) is 1.38. The van der Waals surface area contributed by atoms with E-state index in [0.29, 0.717) is 0 Å². The van der Waals surface area contributed by atoms with E-state index < -0.39 is 5.41 Å². The van der Waals surface area contributed by atoms with E-state index in [-0.39, 0.29) is 23.0 Å². The first-order chi connectivity index (χ1) is 52.5. The molecule has 16 aromatic rings. The summed E-state index contributed by atoms with van der Waals surface area (Å²) in [5.74, 6) is 0. The van der Waals surface area contributed by atoms with Gasteiger partial charge in [0, 0.05) is 67.2 Å².